The van der Waals surface area contributed by atoms with Crippen LogP contribution in [0.25, 0.3) is 11.2 Å². The van der Waals surface area contributed by atoms with Crippen LogP contribution in [0.5, 0.6) is 5.75 Å². The molecule has 1 aliphatic heterocycles. The Hall–Kier alpha value is -2.84. The SMILES string of the molecule is COc1ccc(Cn2nnc3c(N4CCC(F)(F)C4)ncnc32)cc1. The van der Waals surface area contributed by atoms with Crippen molar-refractivity contribution in [3.05, 3.63) is 36.2 Å². The zero-order chi connectivity index (χ0) is 17.4. The number of methoxy groups -OCH3 is 1. The second-order valence-electron chi connectivity index (χ2n) is 5.99. The van der Waals surface area contributed by atoms with E-state index in [0.717, 1.165) is 11.3 Å². The highest BCUT2D eigenvalue weighted by Crippen LogP contribution is 2.32. The monoisotopic (exact) mass is 346 g/mol. The quantitative estimate of drug-likeness (QED) is 0.721. The number of anilines is 1. The highest BCUT2D eigenvalue weighted by Gasteiger charge is 2.39. The molecular formula is C16H16F2N6O. The van der Waals surface area contributed by atoms with Gasteiger partial charge in [0.2, 0.25) is 0 Å². The van der Waals surface area contributed by atoms with Gasteiger partial charge in [0, 0.05) is 13.0 Å². The fraction of sp³-hybridized carbons (Fsp3) is 0.375. The number of alkyl halides is 2. The number of halogens is 2. The van der Waals surface area contributed by atoms with Crippen LogP contribution in [-0.4, -0.2) is 51.1 Å². The lowest BCUT2D eigenvalue weighted by Crippen LogP contribution is -2.25. The van der Waals surface area contributed by atoms with Gasteiger partial charge in [-0.25, -0.2) is 23.4 Å². The summed E-state index contributed by atoms with van der Waals surface area (Å²) in [6.45, 7) is 0.349. The van der Waals surface area contributed by atoms with Crippen molar-refractivity contribution in [2.45, 2.75) is 18.9 Å². The number of ether oxygens (including phenoxy) is 1. The molecule has 1 fully saturated rings. The summed E-state index contributed by atoms with van der Waals surface area (Å²) < 4.78 is 33.8. The molecule has 9 heteroatoms. The van der Waals surface area contributed by atoms with Gasteiger partial charge >= 0.3 is 0 Å². The van der Waals surface area contributed by atoms with Crippen molar-refractivity contribution in [2.75, 3.05) is 25.1 Å². The number of aromatic nitrogens is 5. The van der Waals surface area contributed by atoms with Gasteiger partial charge in [-0.15, -0.1) is 5.10 Å². The standard InChI is InChI=1S/C16H16F2N6O/c1-25-12-4-2-11(3-5-12)8-24-15-13(21-22-24)14(19-10-20-15)23-7-6-16(17,18)9-23/h2-5,10H,6-9H2,1H3. The van der Waals surface area contributed by atoms with E-state index in [1.807, 2.05) is 24.3 Å². The first-order valence-electron chi connectivity index (χ1n) is 7.86. The third kappa shape index (κ3) is 2.97. The van der Waals surface area contributed by atoms with Crippen LogP contribution in [0.2, 0.25) is 0 Å². The van der Waals surface area contributed by atoms with Gasteiger partial charge in [-0.1, -0.05) is 17.3 Å². The minimum Gasteiger partial charge on any atom is -0.497 e. The number of benzene rings is 1. The smallest absolute Gasteiger partial charge is 0.266 e. The lowest BCUT2D eigenvalue weighted by atomic mass is 10.2. The first kappa shape index (κ1) is 15.7. The molecule has 1 aromatic carbocycles. The van der Waals surface area contributed by atoms with Gasteiger partial charge in [0.05, 0.1) is 20.2 Å². The molecule has 0 saturated carbocycles. The molecule has 0 aliphatic carbocycles. The van der Waals surface area contributed by atoms with Crippen LogP contribution >= 0.6 is 0 Å². The van der Waals surface area contributed by atoms with E-state index in [2.05, 4.69) is 20.3 Å². The molecule has 0 amide bonds. The van der Waals surface area contributed by atoms with Crippen molar-refractivity contribution < 1.29 is 13.5 Å². The topological polar surface area (TPSA) is 69.0 Å². The Kier molecular flexibility index (Phi) is 3.70. The fourth-order valence-electron chi connectivity index (χ4n) is 2.94. The molecule has 0 bridgehead atoms. The first-order valence-corrected chi connectivity index (χ1v) is 7.86. The first-order chi connectivity index (χ1) is 12.1. The molecule has 0 unspecified atom stereocenters. The molecule has 1 saturated heterocycles. The predicted molar refractivity (Wildman–Crippen MR) is 87.0 cm³/mol. The van der Waals surface area contributed by atoms with Crippen LogP contribution in [0.1, 0.15) is 12.0 Å². The molecule has 4 rings (SSSR count). The summed E-state index contributed by atoms with van der Waals surface area (Å²) in [5.74, 6) is -1.52. The molecule has 1 aliphatic rings. The van der Waals surface area contributed by atoms with Crippen molar-refractivity contribution in [1.29, 1.82) is 0 Å². The van der Waals surface area contributed by atoms with Gasteiger partial charge in [0.1, 0.15) is 12.1 Å². The number of rotatable bonds is 4. The number of fused-ring (bicyclic) bond motifs is 1. The summed E-state index contributed by atoms with van der Waals surface area (Å²) in [5, 5.41) is 8.24. The maximum atomic E-state index is 13.5. The molecular weight excluding hydrogens is 330 g/mol. The predicted octanol–water partition coefficient (Wildman–Crippen LogP) is 2.12. The Morgan fingerprint density at radius 1 is 1.20 bits per heavy atom. The molecule has 0 atom stereocenters. The molecule has 2 aromatic heterocycles. The molecule has 0 radical (unpaired) electrons. The summed E-state index contributed by atoms with van der Waals surface area (Å²) >= 11 is 0. The lowest BCUT2D eigenvalue weighted by molar-refractivity contribution is 0.0257. The molecule has 0 spiro atoms. The maximum Gasteiger partial charge on any atom is 0.266 e. The second-order valence-corrected chi connectivity index (χ2v) is 5.99. The number of nitrogens with zero attached hydrogens (tertiary/aromatic N) is 6. The lowest BCUT2D eigenvalue weighted by Gasteiger charge is -2.16. The molecule has 0 N–H and O–H groups in total. The summed E-state index contributed by atoms with van der Waals surface area (Å²) in [4.78, 5) is 9.91. The van der Waals surface area contributed by atoms with Crippen molar-refractivity contribution in [2.24, 2.45) is 0 Å². The van der Waals surface area contributed by atoms with E-state index >= 15 is 0 Å². The molecule has 7 nitrogen and oxygen atoms in total. The van der Waals surface area contributed by atoms with Crippen molar-refractivity contribution in [3.8, 4) is 5.75 Å². The molecule has 25 heavy (non-hydrogen) atoms. The van der Waals surface area contributed by atoms with E-state index in [9.17, 15) is 8.78 Å². The molecule has 3 heterocycles. The number of hydrogen-bond donors (Lipinski definition) is 0. The zero-order valence-corrected chi connectivity index (χ0v) is 13.6. The maximum absolute atomic E-state index is 13.5. The minimum absolute atomic E-state index is 0.182. The van der Waals surface area contributed by atoms with Gasteiger partial charge < -0.3 is 9.64 Å². The minimum atomic E-state index is -2.70. The Labute approximate surface area is 142 Å². The Morgan fingerprint density at radius 3 is 2.68 bits per heavy atom. The Bertz CT molecular complexity index is 895. The molecule has 3 aromatic rings. The van der Waals surface area contributed by atoms with E-state index < -0.39 is 5.92 Å². The van der Waals surface area contributed by atoms with Crippen LogP contribution in [0.3, 0.4) is 0 Å². The van der Waals surface area contributed by atoms with Gasteiger partial charge in [0.15, 0.2) is 17.0 Å². The Morgan fingerprint density at radius 2 is 2.00 bits per heavy atom. The van der Waals surface area contributed by atoms with Crippen LogP contribution in [-0.2, 0) is 6.54 Å². The third-order valence-electron chi connectivity index (χ3n) is 4.24. The number of hydrogen-bond acceptors (Lipinski definition) is 6. The van der Waals surface area contributed by atoms with Crippen LogP contribution in [0.4, 0.5) is 14.6 Å². The summed E-state index contributed by atoms with van der Waals surface area (Å²) in [6.07, 6.45) is 1.18. The summed E-state index contributed by atoms with van der Waals surface area (Å²) in [5.41, 5.74) is 1.96. The summed E-state index contributed by atoms with van der Waals surface area (Å²) in [7, 11) is 1.61. The normalized spacial score (nSPS) is 16.5. The van der Waals surface area contributed by atoms with Gasteiger partial charge in [-0.2, -0.15) is 0 Å². The van der Waals surface area contributed by atoms with Crippen molar-refractivity contribution in [3.63, 3.8) is 0 Å². The largest absolute Gasteiger partial charge is 0.497 e. The van der Waals surface area contributed by atoms with Gasteiger partial charge in [-0.05, 0) is 17.7 Å². The average molecular weight is 346 g/mol. The average Bonchev–Trinajstić information content (AvgIpc) is 3.19. The van der Waals surface area contributed by atoms with Crippen LogP contribution in [0, 0.1) is 0 Å². The highest BCUT2D eigenvalue weighted by atomic mass is 19.3. The Balaban J connectivity index is 1.64. The van der Waals surface area contributed by atoms with Gasteiger partial charge in [0.25, 0.3) is 5.92 Å². The van der Waals surface area contributed by atoms with E-state index in [1.165, 1.54) is 11.2 Å². The van der Waals surface area contributed by atoms with E-state index in [0.29, 0.717) is 23.5 Å². The second kappa shape index (κ2) is 5.91. The van der Waals surface area contributed by atoms with E-state index in [1.54, 1.807) is 11.8 Å². The van der Waals surface area contributed by atoms with Gasteiger partial charge in [-0.3, -0.25) is 0 Å². The van der Waals surface area contributed by atoms with E-state index in [-0.39, 0.29) is 19.5 Å². The van der Waals surface area contributed by atoms with Crippen molar-refractivity contribution in [1.82, 2.24) is 25.0 Å². The fourth-order valence-corrected chi connectivity index (χ4v) is 2.94. The van der Waals surface area contributed by atoms with Crippen molar-refractivity contribution >= 4 is 17.0 Å². The van der Waals surface area contributed by atoms with E-state index in [4.69, 9.17) is 4.74 Å². The summed E-state index contributed by atoms with van der Waals surface area (Å²) in [6, 6.07) is 7.58. The van der Waals surface area contributed by atoms with Crippen LogP contribution in [0.15, 0.2) is 30.6 Å². The third-order valence-corrected chi connectivity index (χ3v) is 4.24. The molecule has 130 valence electrons. The highest BCUT2D eigenvalue weighted by molar-refractivity contribution is 5.82. The zero-order valence-electron chi connectivity index (χ0n) is 13.6. The van der Waals surface area contributed by atoms with Crippen LogP contribution < -0.4 is 9.64 Å².